The Kier molecular flexibility index (Phi) is 5.13. The SMILES string of the molecule is CCc1ccc(-c2nc(SCc3cccc(C(F)(F)F)c3)n[nH]2)cc1. The van der Waals surface area contributed by atoms with Crippen LogP contribution >= 0.6 is 11.8 Å². The Balaban J connectivity index is 1.67. The average Bonchev–Trinajstić information content (AvgIpc) is 3.08. The van der Waals surface area contributed by atoms with Gasteiger partial charge in [-0.05, 0) is 23.6 Å². The maximum atomic E-state index is 12.7. The van der Waals surface area contributed by atoms with Gasteiger partial charge in [0.05, 0.1) is 5.56 Å². The van der Waals surface area contributed by atoms with Crippen LogP contribution in [0.15, 0.2) is 53.7 Å². The zero-order chi connectivity index (χ0) is 17.9. The van der Waals surface area contributed by atoms with E-state index in [1.165, 1.54) is 23.4 Å². The lowest BCUT2D eigenvalue weighted by Gasteiger charge is -2.07. The van der Waals surface area contributed by atoms with Crippen molar-refractivity contribution in [3.05, 3.63) is 65.2 Å². The second-order valence-electron chi connectivity index (χ2n) is 5.50. The summed E-state index contributed by atoms with van der Waals surface area (Å²) in [6, 6.07) is 13.3. The molecule has 0 saturated heterocycles. The zero-order valence-electron chi connectivity index (χ0n) is 13.5. The van der Waals surface area contributed by atoms with E-state index in [4.69, 9.17) is 0 Å². The van der Waals surface area contributed by atoms with Gasteiger partial charge in [-0.1, -0.05) is 61.2 Å². The number of aromatic nitrogens is 3. The molecule has 1 N–H and O–H groups in total. The Hall–Kier alpha value is -2.28. The van der Waals surface area contributed by atoms with E-state index >= 15 is 0 Å². The predicted octanol–water partition coefficient (Wildman–Crippen LogP) is 5.35. The second-order valence-corrected chi connectivity index (χ2v) is 6.45. The van der Waals surface area contributed by atoms with E-state index in [2.05, 4.69) is 22.1 Å². The smallest absolute Gasteiger partial charge is 0.258 e. The average molecular weight is 363 g/mol. The molecule has 0 atom stereocenters. The van der Waals surface area contributed by atoms with Crippen LogP contribution in [0, 0.1) is 0 Å². The minimum atomic E-state index is -4.33. The molecule has 0 aliphatic rings. The fraction of sp³-hybridized carbons (Fsp3) is 0.222. The summed E-state index contributed by atoms with van der Waals surface area (Å²) in [5.74, 6) is 1.02. The van der Waals surface area contributed by atoms with E-state index in [-0.39, 0.29) is 0 Å². The molecule has 3 nitrogen and oxygen atoms in total. The quantitative estimate of drug-likeness (QED) is 0.622. The Morgan fingerprint density at radius 3 is 2.48 bits per heavy atom. The van der Waals surface area contributed by atoms with Gasteiger partial charge in [-0.3, -0.25) is 5.10 Å². The van der Waals surface area contributed by atoms with Gasteiger partial charge in [0.1, 0.15) is 0 Å². The van der Waals surface area contributed by atoms with Gasteiger partial charge in [-0.25, -0.2) is 4.98 Å². The highest BCUT2D eigenvalue weighted by atomic mass is 32.2. The molecule has 0 aliphatic heterocycles. The fourth-order valence-electron chi connectivity index (χ4n) is 2.32. The topological polar surface area (TPSA) is 41.6 Å². The summed E-state index contributed by atoms with van der Waals surface area (Å²) in [6.45, 7) is 2.09. The van der Waals surface area contributed by atoms with Crippen molar-refractivity contribution >= 4 is 11.8 Å². The number of halogens is 3. The van der Waals surface area contributed by atoms with Gasteiger partial charge in [-0.15, -0.1) is 5.10 Å². The fourth-order valence-corrected chi connectivity index (χ4v) is 3.07. The highest BCUT2D eigenvalue weighted by molar-refractivity contribution is 7.98. The molecule has 0 amide bonds. The molecule has 2 aromatic carbocycles. The Morgan fingerprint density at radius 1 is 1.04 bits per heavy atom. The van der Waals surface area contributed by atoms with Crippen molar-refractivity contribution in [3.8, 4) is 11.4 Å². The van der Waals surface area contributed by atoms with Gasteiger partial charge in [0, 0.05) is 11.3 Å². The van der Waals surface area contributed by atoms with E-state index < -0.39 is 11.7 Å². The van der Waals surface area contributed by atoms with Gasteiger partial charge >= 0.3 is 6.18 Å². The molecule has 0 unspecified atom stereocenters. The molecule has 7 heteroatoms. The Bertz CT molecular complexity index is 841. The Morgan fingerprint density at radius 2 is 1.80 bits per heavy atom. The maximum absolute atomic E-state index is 12.7. The van der Waals surface area contributed by atoms with Crippen LogP contribution in [0.2, 0.25) is 0 Å². The lowest BCUT2D eigenvalue weighted by molar-refractivity contribution is -0.137. The summed E-state index contributed by atoms with van der Waals surface area (Å²) in [6.07, 6.45) is -3.36. The van der Waals surface area contributed by atoms with Crippen LogP contribution < -0.4 is 0 Å². The summed E-state index contributed by atoms with van der Waals surface area (Å²) in [5, 5.41) is 7.50. The van der Waals surface area contributed by atoms with Crippen molar-refractivity contribution in [1.29, 1.82) is 0 Å². The third-order valence-corrected chi connectivity index (χ3v) is 4.64. The first-order valence-corrected chi connectivity index (χ1v) is 8.75. The number of hydrogen-bond acceptors (Lipinski definition) is 3. The van der Waals surface area contributed by atoms with E-state index in [0.717, 1.165) is 24.1 Å². The molecular weight excluding hydrogens is 347 g/mol. The van der Waals surface area contributed by atoms with Crippen molar-refractivity contribution in [2.24, 2.45) is 0 Å². The van der Waals surface area contributed by atoms with E-state index in [9.17, 15) is 13.2 Å². The zero-order valence-corrected chi connectivity index (χ0v) is 14.3. The largest absolute Gasteiger partial charge is 0.416 e. The first kappa shape index (κ1) is 17.5. The molecular formula is C18H16F3N3S. The van der Waals surface area contributed by atoms with Crippen LogP contribution in [-0.2, 0) is 18.3 Å². The molecule has 130 valence electrons. The molecule has 0 radical (unpaired) electrons. The molecule has 3 rings (SSSR count). The number of thioether (sulfide) groups is 1. The van der Waals surface area contributed by atoms with Crippen molar-refractivity contribution in [3.63, 3.8) is 0 Å². The molecule has 3 aromatic rings. The number of nitrogens with zero attached hydrogens (tertiary/aromatic N) is 2. The van der Waals surface area contributed by atoms with Gasteiger partial charge in [0.25, 0.3) is 0 Å². The van der Waals surface area contributed by atoms with Crippen molar-refractivity contribution in [1.82, 2.24) is 15.2 Å². The van der Waals surface area contributed by atoms with Crippen LogP contribution in [0.3, 0.4) is 0 Å². The minimum absolute atomic E-state index is 0.371. The number of hydrogen-bond donors (Lipinski definition) is 1. The third kappa shape index (κ3) is 4.42. The summed E-state index contributed by atoms with van der Waals surface area (Å²) in [4.78, 5) is 4.40. The first-order chi connectivity index (χ1) is 12.0. The van der Waals surface area contributed by atoms with E-state index in [1.54, 1.807) is 6.07 Å². The number of alkyl halides is 3. The molecule has 1 heterocycles. The number of benzene rings is 2. The molecule has 0 spiro atoms. The number of nitrogens with one attached hydrogen (secondary N) is 1. The molecule has 0 saturated carbocycles. The monoisotopic (exact) mass is 363 g/mol. The second kappa shape index (κ2) is 7.31. The normalized spacial score (nSPS) is 11.7. The molecule has 0 bridgehead atoms. The highest BCUT2D eigenvalue weighted by Crippen LogP contribution is 2.31. The minimum Gasteiger partial charge on any atom is -0.258 e. The lowest BCUT2D eigenvalue weighted by atomic mass is 10.1. The van der Waals surface area contributed by atoms with E-state index in [0.29, 0.717) is 22.3 Å². The molecule has 0 aliphatic carbocycles. The first-order valence-electron chi connectivity index (χ1n) is 7.76. The maximum Gasteiger partial charge on any atom is 0.416 e. The van der Waals surface area contributed by atoms with Crippen LogP contribution in [0.4, 0.5) is 13.2 Å². The number of aryl methyl sites for hydroxylation is 1. The predicted molar refractivity (Wildman–Crippen MR) is 92.2 cm³/mol. The number of aromatic amines is 1. The number of H-pyrrole nitrogens is 1. The lowest BCUT2D eigenvalue weighted by Crippen LogP contribution is -2.04. The van der Waals surface area contributed by atoms with Crippen LogP contribution in [0.25, 0.3) is 11.4 Å². The molecule has 0 fully saturated rings. The summed E-state index contributed by atoms with van der Waals surface area (Å²) in [5.41, 5.74) is 2.11. The van der Waals surface area contributed by atoms with Gasteiger partial charge in [0.15, 0.2) is 5.82 Å². The number of rotatable bonds is 5. The van der Waals surface area contributed by atoms with Crippen LogP contribution in [0.1, 0.15) is 23.6 Å². The third-order valence-electron chi connectivity index (χ3n) is 3.72. The van der Waals surface area contributed by atoms with Gasteiger partial charge in [0.2, 0.25) is 5.16 Å². The molecule has 1 aromatic heterocycles. The van der Waals surface area contributed by atoms with Crippen molar-refractivity contribution < 1.29 is 13.2 Å². The summed E-state index contributed by atoms with van der Waals surface area (Å²) >= 11 is 1.30. The van der Waals surface area contributed by atoms with E-state index in [1.807, 2.05) is 24.3 Å². The van der Waals surface area contributed by atoms with Crippen LogP contribution in [-0.4, -0.2) is 15.2 Å². The Labute approximate surface area is 147 Å². The standard InChI is InChI=1S/C18H16F3N3S/c1-2-12-6-8-14(9-7-12)16-22-17(24-23-16)25-11-13-4-3-5-15(10-13)18(19,20)21/h3-10H,2,11H2,1H3,(H,22,23,24). The van der Waals surface area contributed by atoms with Crippen molar-refractivity contribution in [2.75, 3.05) is 0 Å². The van der Waals surface area contributed by atoms with Gasteiger partial charge in [-0.2, -0.15) is 13.2 Å². The summed E-state index contributed by atoms with van der Waals surface area (Å²) < 4.78 is 38.2. The summed E-state index contributed by atoms with van der Waals surface area (Å²) in [7, 11) is 0. The van der Waals surface area contributed by atoms with Crippen molar-refractivity contribution in [2.45, 2.75) is 30.4 Å². The highest BCUT2D eigenvalue weighted by Gasteiger charge is 2.30. The molecule has 25 heavy (non-hydrogen) atoms. The van der Waals surface area contributed by atoms with Crippen LogP contribution in [0.5, 0.6) is 0 Å². The van der Waals surface area contributed by atoms with Gasteiger partial charge < -0.3 is 0 Å².